The van der Waals surface area contributed by atoms with E-state index in [1.165, 1.54) is 23.1 Å². The Balaban J connectivity index is 1.89. The van der Waals surface area contributed by atoms with Crippen LogP contribution in [0.5, 0.6) is 0 Å². The summed E-state index contributed by atoms with van der Waals surface area (Å²) in [5.41, 5.74) is 0.736. The first-order chi connectivity index (χ1) is 9.15. The Morgan fingerprint density at radius 1 is 1.32 bits per heavy atom. The summed E-state index contributed by atoms with van der Waals surface area (Å²) in [6.45, 7) is 4.10. The van der Waals surface area contributed by atoms with E-state index in [-0.39, 0.29) is 5.78 Å². The van der Waals surface area contributed by atoms with Crippen LogP contribution in [0.2, 0.25) is 0 Å². The molecule has 6 heteroatoms. The van der Waals surface area contributed by atoms with Crippen molar-refractivity contribution in [3.63, 3.8) is 0 Å². The highest BCUT2D eigenvalue weighted by atomic mass is 32.2. The summed E-state index contributed by atoms with van der Waals surface area (Å²) >= 11 is 2.90. The van der Waals surface area contributed by atoms with E-state index in [2.05, 4.69) is 15.5 Å². The maximum atomic E-state index is 11.9. The molecule has 0 bridgehead atoms. The molecule has 0 spiro atoms. The van der Waals surface area contributed by atoms with Gasteiger partial charge in [-0.15, -0.1) is 10.2 Å². The lowest BCUT2D eigenvalue weighted by Gasteiger charge is -2.03. The third-order valence-electron chi connectivity index (χ3n) is 2.24. The van der Waals surface area contributed by atoms with Crippen LogP contribution in [0.15, 0.2) is 34.7 Å². The number of ketones is 1. The van der Waals surface area contributed by atoms with Crippen molar-refractivity contribution >= 4 is 34.0 Å². The molecule has 0 aliphatic rings. The second kappa shape index (κ2) is 6.68. The number of carbonyl (C=O) groups is 1. The smallest absolute Gasteiger partial charge is 0.206 e. The van der Waals surface area contributed by atoms with Crippen LogP contribution in [-0.2, 0) is 0 Å². The molecule has 1 heterocycles. The van der Waals surface area contributed by atoms with Crippen molar-refractivity contribution in [2.24, 2.45) is 0 Å². The van der Waals surface area contributed by atoms with Gasteiger partial charge in [0.1, 0.15) is 0 Å². The van der Waals surface area contributed by atoms with Gasteiger partial charge in [0.15, 0.2) is 10.1 Å². The molecule has 2 aromatic rings. The largest absolute Gasteiger partial charge is 0.358 e. The Hall–Kier alpha value is -1.40. The van der Waals surface area contributed by atoms with Gasteiger partial charge in [-0.2, -0.15) is 0 Å². The van der Waals surface area contributed by atoms with Crippen LogP contribution in [0, 0.1) is 0 Å². The van der Waals surface area contributed by atoms with Crippen molar-refractivity contribution < 1.29 is 4.79 Å². The van der Waals surface area contributed by atoms with Crippen molar-refractivity contribution in [1.29, 1.82) is 0 Å². The van der Waals surface area contributed by atoms with E-state index in [0.717, 1.165) is 15.0 Å². The Kier molecular flexibility index (Phi) is 4.93. The third kappa shape index (κ3) is 4.33. The van der Waals surface area contributed by atoms with Gasteiger partial charge >= 0.3 is 0 Å². The second-order valence-corrected chi connectivity index (χ2v) is 6.45. The van der Waals surface area contributed by atoms with Gasteiger partial charge in [0.05, 0.1) is 5.75 Å². The zero-order valence-electron chi connectivity index (χ0n) is 10.8. The van der Waals surface area contributed by atoms with Gasteiger partial charge in [-0.05, 0) is 13.8 Å². The minimum Gasteiger partial charge on any atom is -0.358 e. The summed E-state index contributed by atoms with van der Waals surface area (Å²) in [6.07, 6.45) is 0. The molecule has 19 heavy (non-hydrogen) atoms. The average Bonchev–Trinajstić information content (AvgIpc) is 2.84. The van der Waals surface area contributed by atoms with Gasteiger partial charge < -0.3 is 5.32 Å². The number of nitrogens with one attached hydrogen (secondary N) is 1. The third-order valence-corrected chi connectivity index (χ3v) is 4.23. The normalized spacial score (nSPS) is 10.7. The molecular formula is C13H15N3OS2. The van der Waals surface area contributed by atoms with Gasteiger partial charge in [0.2, 0.25) is 5.13 Å². The van der Waals surface area contributed by atoms with Crippen molar-refractivity contribution in [2.45, 2.75) is 24.2 Å². The van der Waals surface area contributed by atoms with E-state index in [4.69, 9.17) is 0 Å². The van der Waals surface area contributed by atoms with E-state index in [1.807, 2.05) is 44.2 Å². The van der Waals surface area contributed by atoms with Crippen LogP contribution in [-0.4, -0.2) is 27.8 Å². The van der Waals surface area contributed by atoms with Crippen LogP contribution in [0.4, 0.5) is 5.13 Å². The lowest BCUT2D eigenvalue weighted by Crippen LogP contribution is -2.08. The quantitative estimate of drug-likeness (QED) is 0.654. The van der Waals surface area contributed by atoms with Crippen molar-refractivity contribution in [3.8, 4) is 0 Å². The Bertz CT molecular complexity index is 540. The maximum absolute atomic E-state index is 11.9. The highest BCUT2D eigenvalue weighted by Crippen LogP contribution is 2.26. The SMILES string of the molecule is CC(C)Nc1nnc(SCC(=O)c2ccccc2)s1. The first-order valence-corrected chi connectivity index (χ1v) is 7.76. The van der Waals surface area contributed by atoms with Crippen LogP contribution in [0.25, 0.3) is 0 Å². The van der Waals surface area contributed by atoms with E-state index < -0.39 is 0 Å². The van der Waals surface area contributed by atoms with E-state index in [1.54, 1.807) is 0 Å². The number of aromatic nitrogens is 2. The summed E-state index contributed by atoms with van der Waals surface area (Å²) in [4.78, 5) is 11.9. The van der Waals surface area contributed by atoms with Crippen molar-refractivity contribution in [3.05, 3.63) is 35.9 Å². The van der Waals surface area contributed by atoms with E-state index in [0.29, 0.717) is 11.8 Å². The molecule has 0 aliphatic carbocycles. The molecule has 0 unspecified atom stereocenters. The summed E-state index contributed by atoms with van der Waals surface area (Å²) in [6, 6.07) is 9.62. The number of Topliss-reactive ketones (excluding diaryl/α,β-unsaturated/α-hetero) is 1. The fourth-order valence-corrected chi connectivity index (χ4v) is 3.20. The molecule has 100 valence electrons. The molecule has 4 nitrogen and oxygen atoms in total. The van der Waals surface area contributed by atoms with Crippen LogP contribution < -0.4 is 5.32 Å². The number of rotatable bonds is 6. The number of anilines is 1. The molecule has 0 saturated heterocycles. The Labute approximate surface area is 120 Å². The fraction of sp³-hybridized carbons (Fsp3) is 0.308. The van der Waals surface area contributed by atoms with E-state index in [9.17, 15) is 4.79 Å². The topological polar surface area (TPSA) is 54.9 Å². The predicted octanol–water partition coefficient (Wildman–Crippen LogP) is 3.33. The van der Waals surface area contributed by atoms with Gasteiger partial charge in [0, 0.05) is 11.6 Å². The molecule has 0 aliphatic heterocycles. The minimum absolute atomic E-state index is 0.110. The summed E-state index contributed by atoms with van der Waals surface area (Å²) in [7, 11) is 0. The van der Waals surface area contributed by atoms with E-state index >= 15 is 0 Å². The van der Waals surface area contributed by atoms with Gasteiger partial charge in [-0.3, -0.25) is 4.79 Å². The lowest BCUT2D eigenvalue weighted by molar-refractivity contribution is 0.102. The predicted molar refractivity (Wildman–Crippen MR) is 80.2 cm³/mol. The monoisotopic (exact) mass is 293 g/mol. The van der Waals surface area contributed by atoms with Crippen LogP contribution in [0.1, 0.15) is 24.2 Å². The lowest BCUT2D eigenvalue weighted by atomic mass is 10.2. The molecule has 0 fully saturated rings. The molecule has 0 saturated carbocycles. The fourth-order valence-electron chi connectivity index (χ4n) is 1.41. The minimum atomic E-state index is 0.110. The maximum Gasteiger partial charge on any atom is 0.206 e. The first kappa shape index (κ1) is 14.0. The van der Waals surface area contributed by atoms with Crippen molar-refractivity contribution in [2.75, 3.05) is 11.1 Å². The summed E-state index contributed by atoms with van der Waals surface area (Å²) < 4.78 is 0.812. The highest BCUT2D eigenvalue weighted by Gasteiger charge is 2.10. The zero-order valence-corrected chi connectivity index (χ0v) is 12.4. The first-order valence-electron chi connectivity index (χ1n) is 5.96. The van der Waals surface area contributed by atoms with Gasteiger partial charge in [-0.25, -0.2) is 0 Å². The highest BCUT2D eigenvalue weighted by molar-refractivity contribution is 8.01. The van der Waals surface area contributed by atoms with Crippen LogP contribution in [0.3, 0.4) is 0 Å². The molecule has 1 aromatic heterocycles. The Morgan fingerprint density at radius 3 is 2.74 bits per heavy atom. The number of thioether (sulfide) groups is 1. The van der Waals surface area contributed by atoms with Gasteiger partial charge in [0.25, 0.3) is 0 Å². The molecule has 0 amide bonds. The molecule has 0 atom stereocenters. The number of hydrogen-bond donors (Lipinski definition) is 1. The van der Waals surface area contributed by atoms with Gasteiger partial charge in [-0.1, -0.05) is 53.4 Å². The standard InChI is InChI=1S/C13H15N3OS2/c1-9(2)14-12-15-16-13(19-12)18-8-11(17)10-6-4-3-5-7-10/h3-7,9H,8H2,1-2H3,(H,14,15). The number of nitrogens with zero attached hydrogens (tertiary/aromatic N) is 2. The average molecular weight is 293 g/mol. The Morgan fingerprint density at radius 2 is 2.05 bits per heavy atom. The number of hydrogen-bond acceptors (Lipinski definition) is 6. The molecule has 1 aromatic carbocycles. The molecule has 2 rings (SSSR count). The number of carbonyl (C=O) groups excluding carboxylic acids is 1. The zero-order chi connectivity index (χ0) is 13.7. The summed E-state index contributed by atoms with van der Waals surface area (Å²) in [5.74, 6) is 0.500. The molecular weight excluding hydrogens is 278 g/mol. The molecule has 0 radical (unpaired) electrons. The van der Waals surface area contributed by atoms with Crippen LogP contribution >= 0.6 is 23.1 Å². The molecule has 1 N–H and O–H groups in total. The number of benzene rings is 1. The van der Waals surface area contributed by atoms with Crippen molar-refractivity contribution in [1.82, 2.24) is 10.2 Å². The summed E-state index contributed by atoms with van der Waals surface area (Å²) in [5, 5.41) is 12.1. The second-order valence-electron chi connectivity index (χ2n) is 4.25.